The molecule has 1 atom stereocenters. The Morgan fingerprint density at radius 1 is 1.29 bits per heavy atom. The topological polar surface area (TPSA) is 38.0 Å². The molecule has 0 aliphatic carbocycles. The lowest BCUT2D eigenvalue weighted by Gasteiger charge is -2.18. The molecule has 7 heteroatoms. The Hall–Kier alpha value is -0.110. The predicted molar refractivity (Wildman–Crippen MR) is 67.2 cm³/mol. The molecule has 0 aliphatic heterocycles. The lowest BCUT2D eigenvalue weighted by molar-refractivity contribution is -0.136. The number of nitrogens with two attached hydrogens (primary N) is 1. The maximum Gasteiger partial charge on any atom is 0.389 e. The minimum atomic E-state index is -4.17. The van der Waals surface area contributed by atoms with E-state index in [1.54, 1.807) is 18.2 Å². The summed E-state index contributed by atoms with van der Waals surface area (Å²) in [7, 11) is 0. The van der Waals surface area contributed by atoms with Crippen molar-refractivity contribution in [3.8, 4) is 0 Å². The van der Waals surface area contributed by atoms with Crippen LogP contribution in [0.25, 0.3) is 0 Å². The van der Waals surface area contributed by atoms with Crippen molar-refractivity contribution in [2.24, 2.45) is 5.84 Å². The molecule has 0 spiro atoms. The maximum absolute atomic E-state index is 12.1. The highest BCUT2D eigenvalue weighted by atomic mass is 79.9. The van der Waals surface area contributed by atoms with Crippen LogP contribution < -0.4 is 11.3 Å². The Kier molecular flexibility index (Phi) is 5.43. The Morgan fingerprint density at radius 3 is 2.41 bits per heavy atom. The highest BCUT2D eigenvalue weighted by Gasteiger charge is 2.28. The van der Waals surface area contributed by atoms with Gasteiger partial charge in [0, 0.05) is 21.4 Å². The van der Waals surface area contributed by atoms with Gasteiger partial charge in [-0.1, -0.05) is 37.9 Å². The second kappa shape index (κ2) is 6.17. The first-order valence-electron chi connectivity index (χ1n) is 4.81. The normalized spacial score (nSPS) is 13.8. The third-order valence-corrected chi connectivity index (χ3v) is 3.44. The molecule has 1 aromatic carbocycles. The minimum absolute atomic E-state index is 0.0970. The lowest BCUT2D eigenvalue weighted by atomic mass is 10.0. The average molecular weight is 376 g/mol. The number of nitrogens with one attached hydrogen (secondary N) is 1. The van der Waals surface area contributed by atoms with Gasteiger partial charge >= 0.3 is 6.18 Å². The Balaban J connectivity index is 2.79. The maximum atomic E-state index is 12.1. The van der Waals surface area contributed by atoms with Gasteiger partial charge < -0.3 is 0 Å². The average Bonchev–Trinajstić information content (AvgIpc) is 2.19. The van der Waals surface area contributed by atoms with Crippen molar-refractivity contribution in [3.05, 3.63) is 32.7 Å². The van der Waals surface area contributed by atoms with E-state index in [2.05, 4.69) is 37.3 Å². The van der Waals surface area contributed by atoms with Crippen LogP contribution in [-0.4, -0.2) is 6.18 Å². The van der Waals surface area contributed by atoms with E-state index in [1.165, 1.54) is 0 Å². The Bertz CT molecular complexity index is 382. The van der Waals surface area contributed by atoms with Crippen LogP contribution in [0, 0.1) is 0 Å². The number of rotatable bonds is 4. The third kappa shape index (κ3) is 4.95. The molecule has 96 valence electrons. The van der Waals surface area contributed by atoms with Crippen molar-refractivity contribution >= 4 is 31.9 Å². The summed E-state index contributed by atoms with van der Waals surface area (Å²) in [6, 6.07) is 4.74. The Morgan fingerprint density at radius 2 is 1.94 bits per heavy atom. The van der Waals surface area contributed by atoms with Gasteiger partial charge in [-0.2, -0.15) is 13.2 Å². The molecular formula is C10H11Br2F3N2. The smallest absolute Gasteiger partial charge is 0.271 e. The van der Waals surface area contributed by atoms with Crippen molar-refractivity contribution in [2.75, 3.05) is 0 Å². The summed E-state index contributed by atoms with van der Waals surface area (Å²) in [5.74, 6) is 5.29. The van der Waals surface area contributed by atoms with E-state index < -0.39 is 18.6 Å². The number of hydrogen-bond acceptors (Lipinski definition) is 2. The zero-order chi connectivity index (χ0) is 13.1. The minimum Gasteiger partial charge on any atom is -0.271 e. The molecule has 0 saturated heterocycles. The van der Waals surface area contributed by atoms with Gasteiger partial charge in [0.2, 0.25) is 0 Å². The summed E-state index contributed by atoms with van der Waals surface area (Å²) < 4.78 is 38.0. The number of hydrazine groups is 1. The summed E-state index contributed by atoms with van der Waals surface area (Å²) in [4.78, 5) is 0. The first kappa shape index (κ1) is 14.9. The summed E-state index contributed by atoms with van der Waals surface area (Å²) >= 11 is 6.58. The second-order valence-electron chi connectivity index (χ2n) is 3.54. The standard InChI is InChI=1S/C10H11Br2F3N2/c11-6-1-2-7(8(12)5-6)9(17-16)3-4-10(13,14)15/h1-2,5,9,17H,3-4,16H2. The highest BCUT2D eigenvalue weighted by molar-refractivity contribution is 9.11. The van der Waals surface area contributed by atoms with E-state index in [0.717, 1.165) is 8.95 Å². The summed E-state index contributed by atoms with van der Waals surface area (Å²) in [5, 5.41) is 0. The van der Waals surface area contributed by atoms with Gasteiger partial charge in [-0.3, -0.25) is 11.3 Å². The molecule has 3 N–H and O–H groups in total. The quantitative estimate of drug-likeness (QED) is 0.615. The van der Waals surface area contributed by atoms with Crippen LogP contribution in [0.15, 0.2) is 27.1 Å². The second-order valence-corrected chi connectivity index (χ2v) is 5.31. The zero-order valence-electron chi connectivity index (χ0n) is 8.69. The fraction of sp³-hybridized carbons (Fsp3) is 0.400. The zero-order valence-corrected chi connectivity index (χ0v) is 11.9. The van der Waals surface area contributed by atoms with Gasteiger partial charge in [0.1, 0.15) is 0 Å². The first-order chi connectivity index (χ1) is 7.83. The fourth-order valence-electron chi connectivity index (χ4n) is 1.42. The van der Waals surface area contributed by atoms with E-state index in [1.807, 2.05) is 0 Å². The van der Waals surface area contributed by atoms with Crippen molar-refractivity contribution in [3.63, 3.8) is 0 Å². The number of alkyl halides is 3. The van der Waals surface area contributed by atoms with Crippen LogP contribution in [0.1, 0.15) is 24.4 Å². The highest BCUT2D eigenvalue weighted by Crippen LogP contribution is 2.32. The van der Waals surface area contributed by atoms with Gasteiger partial charge in [-0.05, 0) is 24.1 Å². The molecule has 0 bridgehead atoms. The number of benzene rings is 1. The van der Waals surface area contributed by atoms with Crippen molar-refractivity contribution in [2.45, 2.75) is 25.1 Å². The third-order valence-electron chi connectivity index (χ3n) is 2.26. The molecule has 1 rings (SSSR count). The molecule has 0 amide bonds. The summed E-state index contributed by atoms with van der Waals surface area (Å²) in [6.45, 7) is 0. The monoisotopic (exact) mass is 374 g/mol. The predicted octanol–water partition coefficient (Wildman–Crippen LogP) is 4.06. The molecule has 0 heterocycles. The molecule has 0 fully saturated rings. The molecule has 2 nitrogen and oxygen atoms in total. The fourth-order valence-corrected chi connectivity index (χ4v) is 2.74. The van der Waals surface area contributed by atoms with E-state index in [9.17, 15) is 13.2 Å². The van der Waals surface area contributed by atoms with Gasteiger partial charge in [-0.15, -0.1) is 0 Å². The SMILES string of the molecule is NNC(CCC(F)(F)F)c1ccc(Br)cc1Br. The first-order valence-corrected chi connectivity index (χ1v) is 6.40. The van der Waals surface area contributed by atoms with Crippen LogP contribution >= 0.6 is 31.9 Å². The lowest BCUT2D eigenvalue weighted by Crippen LogP contribution is -2.29. The largest absolute Gasteiger partial charge is 0.389 e. The van der Waals surface area contributed by atoms with Crippen molar-refractivity contribution in [1.29, 1.82) is 0 Å². The van der Waals surface area contributed by atoms with Crippen LogP contribution in [0.3, 0.4) is 0 Å². The van der Waals surface area contributed by atoms with Crippen LogP contribution in [0.5, 0.6) is 0 Å². The van der Waals surface area contributed by atoms with Gasteiger partial charge in [0.05, 0.1) is 0 Å². The van der Waals surface area contributed by atoms with E-state index in [0.29, 0.717) is 5.56 Å². The van der Waals surface area contributed by atoms with Gasteiger partial charge in [0.25, 0.3) is 0 Å². The summed E-state index contributed by atoms with van der Waals surface area (Å²) in [6.07, 6.45) is -5.14. The van der Waals surface area contributed by atoms with Gasteiger partial charge in [0.15, 0.2) is 0 Å². The molecule has 0 saturated carbocycles. The van der Waals surface area contributed by atoms with E-state index in [-0.39, 0.29) is 6.42 Å². The van der Waals surface area contributed by atoms with Gasteiger partial charge in [-0.25, -0.2) is 0 Å². The van der Waals surface area contributed by atoms with E-state index >= 15 is 0 Å². The molecule has 0 radical (unpaired) electrons. The van der Waals surface area contributed by atoms with Crippen LogP contribution in [0.4, 0.5) is 13.2 Å². The molecule has 1 unspecified atom stereocenters. The Labute approximate surface area is 114 Å². The van der Waals surface area contributed by atoms with Crippen molar-refractivity contribution in [1.82, 2.24) is 5.43 Å². The van der Waals surface area contributed by atoms with Crippen molar-refractivity contribution < 1.29 is 13.2 Å². The summed E-state index contributed by atoms with van der Waals surface area (Å²) in [5.41, 5.74) is 3.11. The molecule has 0 aliphatic rings. The van der Waals surface area contributed by atoms with Crippen LogP contribution in [-0.2, 0) is 0 Å². The van der Waals surface area contributed by atoms with E-state index in [4.69, 9.17) is 5.84 Å². The molecule has 0 aromatic heterocycles. The molecule has 1 aromatic rings. The molecule has 17 heavy (non-hydrogen) atoms. The van der Waals surface area contributed by atoms with Crippen LogP contribution in [0.2, 0.25) is 0 Å². The number of hydrogen-bond donors (Lipinski definition) is 2. The number of halogens is 5. The molecular weight excluding hydrogens is 365 g/mol.